The summed E-state index contributed by atoms with van der Waals surface area (Å²) in [4.78, 5) is 15.3. The largest absolute Gasteiger partial charge is 0.336 e. The van der Waals surface area contributed by atoms with Gasteiger partial charge in [0.15, 0.2) is 0 Å². The SMILES string of the molecule is O=C(c1cn(-c2ccccc2)nc1-c1ccccc1)N1CCN(S(=O)(=O)Cc2ccccc2)CC1. The lowest BCUT2D eigenvalue weighted by molar-refractivity contribution is 0.0698. The highest BCUT2D eigenvalue weighted by molar-refractivity contribution is 7.88. The van der Waals surface area contributed by atoms with Crippen LogP contribution in [0, 0.1) is 0 Å². The van der Waals surface area contributed by atoms with Crippen LogP contribution in [0.1, 0.15) is 15.9 Å². The van der Waals surface area contributed by atoms with Gasteiger partial charge >= 0.3 is 0 Å². The number of hydrogen-bond acceptors (Lipinski definition) is 4. The lowest BCUT2D eigenvalue weighted by Gasteiger charge is -2.34. The van der Waals surface area contributed by atoms with E-state index < -0.39 is 10.0 Å². The first-order chi connectivity index (χ1) is 17.0. The van der Waals surface area contributed by atoms with Crippen LogP contribution in [0.5, 0.6) is 0 Å². The summed E-state index contributed by atoms with van der Waals surface area (Å²) in [5, 5.41) is 4.73. The Balaban J connectivity index is 1.36. The van der Waals surface area contributed by atoms with Crippen LogP contribution in [0.2, 0.25) is 0 Å². The molecule has 35 heavy (non-hydrogen) atoms. The summed E-state index contributed by atoms with van der Waals surface area (Å²) < 4.78 is 29.0. The van der Waals surface area contributed by atoms with Crippen LogP contribution in [-0.2, 0) is 15.8 Å². The van der Waals surface area contributed by atoms with Gasteiger partial charge in [0.05, 0.1) is 17.0 Å². The van der Waals surface area contributed by atoms with Gasteiger partial charge in [0.25, 0.3) is 5.91 Å². The summed E-state index contributed by atoms with van der Waals surface area (Å²) in [5.74, 6) is -0.185. The maximum atomic E-state index is 13.6. The van der Waals surface area contributed by atoms with E-state index in [0.717, 1.165) is 16.8 Å². The quantitative estimate of drug-likeness (QED) is 0.415. The second kappa shape index (κ2) is 9.85. The Morgan fingerprint density at radius 3 is 1.97 bits per heavy atom. The molecule has 0 saturated carbocycles. The van der Waals surface area contributed by atoms with Crippen LogP contribution in [0.15, 0.2) is 97.2 Å². The van der Waals surface area contributed by atoms with Crippen LogP contribution in [0.3, 0.4) is 0 Å². The third kappa shape index (κ3) is 5.03. The van der Waals surface area contributed by atoms with Gasteiger partial charge in [-0.15, -0.1) is 0 Å². The molecule has 0 spiro atoms. The summed E-state index contributed by atoms with van der Waals surface area (Å²) in [6, 6.07) is 28.4. The van der Waals surface area contributed by atoms with Gasteiger partial charge in [-0.1, -0.05) is 78.9 Å². The van der Waals surface area contributed by atoms with E-state index in [-0.39, 0.29) is 24.7 Å². The first kappa shape index (κ1) is 23.0. The molecule has 5 rings (SSSR count). The number of benzene rings is 3. The maximum Gasteiger partial charge on any atom is 0.257 e. The summed E-state index contributed by atoms with van der Waals surface area (Å²) in [6.07, 6.45) is 1.76. The van der Waals surface area contributed by atoms with Crippen LogP contribution in [0.4, 0.5) is 0 Å². The minimum absolute atomic E-state index is 0.0379. The van der Waals surface area contributed by atoms with Crippen LogP contribution in [0.25, 0.3) is 16.9 Å². The monoisotopic (exact) mass is 486 g/mol. The summed E-state index contributed by atoms with van der Waals surface area (Å²) in [6.45, 7) is 1.21. The summed E-state index contributed by atoms with van der Waals surface area (Å²) in [7, 11) is -3.45. The highest BCUT2D eigenvalue weighted by Gasteiger charge is 2.31. The number of hydrogen-bond donors (Lipinski definition) is 0. The van der Waals surface area contributed by atoms with Crippen LogP contribution < -0.4 is 0 Å². The third-order valence-electron chi connectivity index (χ3n) is 6.12. The van der Waals surface area contributed by atoms with Gasteiger partial charge in [-0.05, 0) is 17.7 Å². The molecule has 0 unspecified atom stereocenters. The lowest BCUT2D eigenvalue weighted by Crippen LogP contribution is -2.50. The van der Waals surface area contributed by atoms with E-state index in [9.17, 15) is 13.2 Å². The van der Waals surface area contributed by atoms with E-state index in [0.29, 0.717) is 24.3 Å². The van der Waals surface area contributed by atoms with Crippen molar-refractivity contribution < 1.29 is 13.2 Å². The fourth-order valence-corrected chi connectivity index (χ4v) is 5.78. The highest BCUT2D eigenvalue weighted by atomic mass is 32.2. The van der Waals surface area contributed by atoms with Crippen molar-refractivity contribution in [3.05, 3.63) is 108 Å². The molecule has 0 atom stereocenters. The zero-order valence-electron chi connectivity index (χ0n) is 19.2. The van der Waals surface area contributed by atoms with Gasteiger partial charge < -0.3 is 4.90 Å². The molecule has 0 bridgehead atoms. The molecule has 178 valence electrons. The zero-order chi connectivity index (χ0) is 24.3. The fraction of sp³-hybridized carbons (Fsp3) is 0.185. The Morgan fingerprint density at radius 2 is 1.34 bits per heavy atom. The number of aromatic nitrogens is 2. The number of carbonyl (C=O) groups is 1. The van der Waals surface area contributed by atoms with E-state index >= 15 is 0 Å². The molecule has 7 nitrogen and oxygen atoms in total. The minimum atomic E-state index is -3.45. The number of piperazine rings is 1. The number of carbonyl (C=O) groups excluding carboxylic acids is 1. The van der Waals surface area contributed by atoms with Crippen molar-refractivity contribution >= 4 is 15.9 Å². The standard InChI is InChI=1S/C27H26N4O3S/c32-27(29-16-18-30(19-17-29)35(33,34)21-22-10-4-1-5-11-22)25-20-31(24-14-8-3-9-15-24)28-26(25)23-12-6-2-7-13-23/h1-15,20H,16-19,21H2. The molecule has 1 aliphatic rings. The van der Waals surface area contributed by atoms with Crippen molar-refractivity contribution in [2.45, 2.75) is 5.75 Å². The normalized spacial score (nSPS) is 14.7. The maximum absolute atomic E-state index is 13.6. The predicted octanol–water partition coefficient (Wildman–Crippen LogP) is 3.83. The summed E-state index contributed by atoms with van der Waals surface area (Å²) in [5.41, 5.74) is 3.58. The Kier molecular flexibility index (Phi) is 6.48. The van der Waals surface area contributed by atoms with Crippen molar-refractivity contribution in [1.29, 1.82) is 0 Å². The Labute approximate surface area is 205 Å². The van der Waals surface area contributed by atoms with E-state index in [2.05, 4.69) is 0 Å². The smallest absolute Gasteiger partial charge is 0.257 e. The molecule has 1 aromatic heterocycles. The van der Waals surface area contributed by atoms with E-state index in [1.165, 1.54) is 4.31 Å². The molecule has 0 N–H and O–H groups in total. The topological polar surface area (TPSA) is 75.5 Å². The molecule has 1 amide bonds. The van der Waals surface area contributed by atoms with Gasteiger partial charge in [-0.25, -0.2) is 13.1 Å². The van der Waals surface area contributed by atoms with Gasteiger partial charge in [0.1, 0.15) is 5.69 Å². The van der Waals surface area contributed by atoms with Crippen LogP contribution in [-0.4, -0.2) is 59.5 Å². The highest BCUT2D eigenvalue weighted by Crippen LogP contribution is 2.26. The van der Waals surface area contributed by atoms with Gasteiger partial charge in [0.2, 0.25) is 10.0 Å². The number of para-hydroxylation sites is 1. The molecule has 4 aromatic rings. The molecule has 2 heterocycles. The Bertz CT molecular complexity index is 1400. The molecule has 0 aliphatic carbocycles. The predicted molar refractivity (Wildman–Crippen MR) is 136 cm³/mol. The van der Waals surface area contributed by atoms with E-state index in [1.807, 2.05) is 91.0 Å². The number of sulfonamides is 1. The van der Waals surface area contributed by atoms with Gasteiger partial charge in [-0.3, -0.25) is 4.79 Å². The summed E-state index contributed by atoms with van der Waals surface area (Å²) >= 11 is 0. The van der Waals surface area contributed by atoms with Gasteiger partial charge in [-0.2, -0.15) is 9.40 Å². The number of rotatable bonds is 6. The molecule has 1 aliphatic heterocycles. The van der Waals surface area contributed by atoms with E-state index in [1.54, 1.807) is 15.8 Å². The molecule has 1 saturated heterocycles. The molecule has 1 fully saturated rings. The fourth-order valence-electron chi connectivity index (χ4n) is 4.27. The molecule has 8 heteroatoms. The molecule has 3 aromatic carbocycles. The zero-order valence-corrected chi connectivity index (χ0v) is 20.0. The average Bonchev–Trinajstić information content (AvgIpc) is 3.35. The number of nitrogens with zero attached hydrogens (tertiary/aromatic N) is 4. The second-order valence-corrected chi connectivity index (χ2v) is 10.4. The Hall–Kier alpha value is -3.75. The average molecular weight is 487 g/mol. The first-order valence-corrected chi connectivity index (χ1v) is 13.1. The minimum Gasteiger partial charge on any atom is -0.336 e. The lowest BCUT2D eigenvalue weighted by atomic mass is 10.1. The first-order valence-electron chi connectivity index (χ1n) is 11.5. The molecule has 0 radical (unpaired) electrons. The van der Waals surface area contributed by atoms with Crippen molar-refractivity contribution in [3.8, 4) is 16.9 Å². The molecular formula is C27H26N4O3S. The van der Waals surface area contributed by atoms with Crippen LogP contribution >= 0.6 is 0 Å². The number of amides is 1. The van der Waals surface area contributed by atoms with Crippen molar-refractivity contribution in [1.82, 2.24) is 19.0 Å². The van der Waals surface area contributed by atoms with Crippen molar-refractivity contribution in [3.63, 3.8) is 0 Å². The van der Waals surface area contributed by atoms with E-state index in [4.69, 9.17) is 5.10 Å². The van der Waals surface area contributed by atoms with Crippen molar-refractivity contribution in [2.24, 2.45) is 0 Å². The second-order valence-electron chi connectivity index (χ2n) is 8.47. The van der Waals surface area contributed by atoms with Gasteiger partial charge in [0, 0.05) is 37.9 Å². The molecular weight excluding hydrogens is 460 g/mol. The third-order valence-corrected chi connectivity index (χ3v) is 7.97. The van der Waals surface area contributed by atoms with Crippen molar-refractivity contribution in [2.75, 3.05) is 26.2 Å². The Morgan fingerprint density at radius 1 is 0.771 bits per heavy atom.